The normalized spacial score (nSPS) is 30.7. The minimum absolute atomic E-state index is 0.176. The summed E-state index contributed by atoms with van der Waals surface area (Å²) in [5.41, 5.74) is 0. The molecule has 2 atom stereocenters. The zero-order chi connectivity index (χ0) is 8.27. The van der Waals surface area contributed by atoms with Crippen LogP contribution < -0.4 is 5.32 Å². The van der Waals surface area contributed by atoms with Crippen molar-refractivity contribution in [2.45, 2.75) is 6.92 Å². The van der Waals surface area contributed by atoms with E-state index < -0.39 is 0 Å². The molecule has 0 saturated carbocycles. The highest BCUT2D eigenvalue weighted by Gasteiger charge is 2.28. The van der Waals surface area contributed by atoms with Crippen molar-refractivity contribution >= 4 is 5.78 Å². The predicted molar refractivity (Wildman–Crippen MR) is 42.4 cm³/mol. The smallest absolute Gasteiger partial charge is 0.163 e. The molecule has 3 nitrogen and oxygen atoms in total. The number of methoxy groups -OCH3 is 1. The van der Waals surface area contributed by atoms with E-state index in [9.17, 15) is 4.79 Å². The van der Waals surface area contributed by atoms with Gasteiger partial charge in [0, 0.05) is 19.6 Å². The summed E-state index contributed by atoms with van der Waals surface area (Å²) in [7, 11) is 1.56. The van der Waals surface area contributed by atoms with E-state index in [1.165, 1.54) is 0 Å². The Hall–Kier alpha value is -0.410. The van der Waals surface area contributed by atoms with E-state index in [-0.39, 0.29) is 18.3 Å². The van der Waals surface area contributed by atoms with Crippen molar-refractivity contribution in [1.82, 2.24) is 5.32 Å². The number of hydrogen-bond donors (Lipinski definition) is 1. The number of hydrogen-bond acceptors (Lipinski definition) is 3. The lowest BCUT2D eigenvalue weighted by atomic mass is 9.94. The fourth-order valence-corrected chi connectivity index (χ4v) is 1.49. The maximum Gasteiger partial charge on any atom is 0.163 e. The first-order valence-corrected chi connectivity index (χ1v) is 3.98. The Bertz CT molecular complexity index is 147. The predicted octanol–water partition coefficient (Wildman–Crippen LogP) is 0.0574. The van der Waals surface area contributed by atoms with Gasteiger partial charge in [0.1, 0.15) is 6.61 Å². The summed E-state index contributed by atoms with van der Waals surface area (Å²) in [4.78, 5) is 11.3. The highest BCUT2D eigenvalue weighted by molar-refractivity contribution is 5.83. The molecule has 0 radical (unpaired) electrons. The number of ketones is 1. The van der Waals surface area contributed by atoms with Crippen molar-refractivity contribution in [3.05, 3.63) is 0 Å². The molecule has 2 unspecified atom stereocenters. The molecule has 0 spiro atoms. The minimum Gasteiger partial charge on any atom is -0.377 e. The molecule has 1 N–H and O–H groups in total. The van der Waals surface area contributed by atoms with E-state index in [4.69, 9.17) is 4.74 Å². The molecule has 0 amide bonds. The Morgan fingerprint density at radius 3 is 2.82 bits per heavy atom. The standard InChI is InChI=1S/C8H15NO2/c1-6-3-9-4-7(6)8(10)5-11-2/h6-7,9H,3-5H2,1-2H3. The molecule has 0 aromatic heterocycles. The van der Waals surface area contributed by atoms with Gasteiger partial charge in [-0.1, -0.05) is 6.92 Å². The first kappa shape index (κ1) is 8.68. The van der Waals surface area contributed by atoms with Gasteiger partial charge >= 0.3 is 0 Å². The number of nitrogens with one attached hydrogen (secondary N) is 1. The van der Waals surface area contributed by atoms with Crippen LogP contribution in [0.15, 0.2) is 0 Å². The van der Waals surface area contributed by atoms with E-state index in [1.807, 2.05) is 0 Å². The molecule has 0 aliphatic carbocycles. The molecular formula is C8H15NO2. The summed E-state index contributed by atoms with van der Waals surface area (Å²) in [5, 5.41) is 3.19. The lowest BCUT2D eigenvalue weighted by Gasteiger charge is -2.11. The average molecular weight is 157 g/mol. The Balaban J connectivity index is 2.39. The molecule has 1 aliphatic heterocycles. The Kier molecular flexibility index (Phi) is 3.02. The van der Waals surface area contributed by atoms with Gasteiger partial charge in [0.25, 0.3) is 0 Å². The van der Waals surface area contributed by atoms with E-state index in [2.05, 4.69) is 12.2 Å². The summed E-state index contributed by atoms with van der Waals surface area (Å²) in [6.45, 7) is 4.14. The van der Waals surface area contributed by atoms with Gasteiger partial charge in [-0.05, 0) is 12.5 Å². The summed E-state index contributed by atoms with van der Waals surface area (Å²) in [6.07, 6.45) is 0. The zero-order valence-corrected chi connectivity index (χ0v) is 7.09. The molecule has 1 aliphatic rings. The highest BCUT2D eigenvalue weighted by atomic mass is 16.5. The summed E-state index contributed by atoms with van der Waals surface area (Å²) < 4.78 is 4.79. The van der Waals surface area contributed by atoms with E-state index in [0.29, 0.717) is 5.92 Å². The molecule has 1 saturated heterocycles. The van der Waals surface area contributed by atoms with Crippen LogP contribution in [0.1, 0.15) is 6.92 Å². The van der Waals surface area contributed by atoms with Gasteiger partial charge in [0.15, 0.2) is 5.78 Å². The number of carbonyl (C=O) groups excluding carboxylic acids is 1. The summed E-state index contributed by atoms with van der Waals surface area (Å²) in [5.74, 6) is 0.873. The minimum atomic E-state index is 0.176. The van der Waals surface area contributed by atoms with Crippen LogP contribution in [0.2, 0.25) is 0 Å². The van der Waals surface area contributed by atoms with Crippen LogP contribution in [0.25, 0.3) is 0 Å². The number of carbonyl (C=O) groups is 1. The Morgan fingerprint density at radius 1 is 1.64 bits per heavy atom. The molecule has 3 heteroatoms. The van der Waals surface area contributed by atoms with Gasteiger partial charge in [-0.25, -0.2) is 0 Å². The fraction of sp³-hybridized carbons (Fsp3) is 0.875. The Labute approximate surface area is 67.1 Å². The van der Waals surface area contributed by atoms with Gasteiger partial charge < -0.3 is 10.1 Å². The molecule has 1 rings (SSSR count). The molecule has 64 valence electrons. The second-order valence-electron chi connectivity index (χ2n) is 3.14. The quantitative estimate of drug-likeness (QED) is 0.629. The number of ether oxygens (including phenoxy) is 1. The van der Waals surface area contributed by atoms with Gasteiger partial charge in [-0.3, -0.25) is 4.79 Å². The van der Waals surface area contributed by atoms with Crippen molar-refractivity contribution in [2.24, 2.45) is 11.8 Å². The van der Waals surface area contributed by atoms with E-state index in [0.717, 1.165) is 13.1 Å². The summed E-state index contributed by atoms with van der Waals surface area (Å²) in [6, 6.07) is 0. The van der Waals surface area contributed by atoms with E-state index in [1.54, 1.807) is 7.11 Å². The van der Waals surface area contributed by atoms with Crippen molar-refractivity contribution < 1.29 is 9.53 Å². The van der Waals surface area contributed by atoms with Crippen molar-refractivity contribution in [2.75, 3.05) is 26.8 Å². The average Bonchev–Trinajstić information content (AvgIpc) is 2.36. The third-order valence-electron chi connectivity index (χ3n) is 2.22. The largest absolute Gasteiger partial charge is 0.377 e. The molecule has 0 aromatic carbocycles. The highest BCUT2D eigenvalue weighted by Crippen LogP contribution is 2.16. The summed E-state index contributed by atoms with van der Waals surface area (Å²) >= 11 is 0. The second-order valence-corrected chi connectivity index (χ2v) is 3.14. The van der Waals surface area contributed by atoms with Crippen LogP contribution >= 0.6 is 0 Å². The van der Waals surface area contributed by atoms with Crippen molar-refractivity contribution in [1.29, 1.82) is 0 Å². The molecule has 11 heavy (non-hydrogen) atoms. The lowest BCUT2D eigenvalue weighted by Crippen LogP contribution is -2.24. The molecule has 1 fully saturated rings. The van der Waals surface area contributed by atoms with Gasteiger partial charge in [0.2, 0.25) is 0 Å². The maximum absolute atomic E-state index is 11.3. The van der Waals surface area contributed by atoms with Gasteiger partial charge in [-0.2, -0.15) is 0 Å². The molecular weight excluding hydrogens is 142 g/mol. The topological polar surface area (TPSA) is 38.3 Å². The number of Topliss-reactive ketones (excluding diaryl/α,β-unsaturated/α-hetero) is 1. The molecule has 0 bridgehead atoms. The monoisotopic (exact) mass is 157 g/mol. The first-order valence-electron chi connectivity index (χ1n) is 3.98. The van der Waals surface area contributed by atoms with Crippen molar-refractivity contribution in [3.63, 3.8) is 0 Å². The first-order chi connectivity index (χ1) is 5.25. The van der Waals surface area contributed by atoms with Gasteiger partial charge in [0.05, 0.1) is 0 Å². The van der Waals surface area contributed by atoms with Crippen LogP contribution in [0.4, 0.5) is 0 Å². The third kappa shape index (κ3) is 2.01. The zero-order valence-electron chi connectivity index (χ0n) is 7.09. The Morgan fingerprint density at radius 2 is 2.36 bits per heavy atom. The van der Waals surface area contributed by atoms with Gasteiger partial charge in [-0.15, -0.1) is 0 Å². The molecule has 1 heterocycles. The van der Waals surface area contributed by atoms with Crippen LogP contribution in [-0.4, -0.2) is 32.6 Å². The number of rotatable bonds is 3. The van der Waals surface area contributed by atoms with Crippen LogP contribution in [0, 0.1) is 11.8 Å². The van der Waals surface area contributed by atoms with E-state index >= 15 is 0 Å². The maximum atomic E-state index is 11.3. The second kappa shape index (κ2) is 3.83. The molecule has 0 aromatic rings. The third-order valence-corrected chi connectivity index (χ3v) is 2.22. The van der Waals surface area contributed by atoms with Crippen molar-refractivity contribution in [3.8, 4) is 0 Å². The fourth-order valence-electron chi connectivity index (χ4n) is 1.49. The van der Waals surface area contributed by atoms with Crippen LogP contribution in [0.5, 0.6) is 0 Å². The van der Waals surface area contributed by atoms with Crippen LogP contribution in [-0.2, 0) is 9.53 Å². The lowest BCUT2D eigenvalue weighted by molar-refractivity contribution is -0.126. The van der Waals surface area contributed by atoms with Crippen LogP contribution in [0.3, 0.4) is 0 Å². The SMILES string of the molecule is COCC(=O)C1CNCC1C.